The van der Waals surface area contributed by atoms with E-state index in [4.69, 9.17) is 5.73 Å². The number of nitrogens with zero attached hydrogens (tertiary/aromatic N) is 2. The zero-order valence-corrected chi connectivity index (χ0v) is 10.7. The standard InChI is InChI=1S/C12H15N5O2/c1-7(10-5-14-6-17(10)2)16-9-3-11(18)15-4-8(9)12(13)19/h3-7H,1-2H3,(H2,13,19)(H2,15,16,18)/t7-/m1/s1. The van der Waals surface area contributed by atoms with Crippen LogP contribution in [0.3, 0.4) is 0 Å². The average Bonchev–Trinajstić information content (AvgIpc) is 2.75. The summed E-state index contributed by atoms with van der Waals surface area (Å²) in [4.78, 5) is 29.1. The Balaban J connectivity index is 2.33. The van der Waals surface area contributed by atoms with Gasteiger partial charge in [0.05, 0.1) is 35.5 Å². The van der Waals surface area contributed by atoms with Crippen LogP contribution in [-0.4, -0.2) is 20.4 Å². The molecule has 0 radical (unpaired) electrons. The lowest BCUT2D eigenvalue weighted by Gasteiger charge is -2.17. The van der Waals surface area contributed by atoms with Gasteiger partial charge in [0, 0.05) is 19.3 Å². The van der Waals surface area contributed by atoms with Gasteiger partial charge >= 0.3 is 0 Å². The summed E-state index contributed by atoms with van der Waals surface area (Å²) in [6, 6.07) is 1.19. The minimum Gasteiger partial charge on any atom is -0.376 e. The van der Waals surface area contributed by atoms with Crippen LogP contribution in [0.4, 0.5) is 5.69 Å². The molecule has 0 bridgehead atoms. The number of carbonyl (C=O) groups excluding carboxylic acids is 1. The van der Waals surface area contributed by atoms with Crippen molar-refractivity contribution in [3.05, 3.63) is 46.4 Å². The van der Waals surface area contributed by atoms with Crippen molar-refractivity contribution in [3.8, 4) is 0 Å². The molecule has 0 aliphatic rings. The maximum absolute atomic E-state index is 11.3. The number of aryl methyl sites for hydroxylation is 1. The van der Waals surface area contributed by atoms with Gasteiger partial charge in [0.1, 0.15) is 0 Å². The summed E-state index contributed by atoms with van der Waals surface area (Å²) < 4.78 is 1.86. The second-order valence-corrected chi connectivity index (χ2v) is 4.28. The summed E-state index contributed by atoms with van der Waals surface area (Å²) in [7, 11) is 1.87. The minimum atomic E-state index is -0.601. The molecule has 1 atom stereocenters. The SMILES string of the molecule is C[C@@H](Nc1cc(=O)[nH]cc1C(N)=O)c1cncn1C. The molecule has 0 aromatic carbocycles. The third-order valence-corrected chi connectivity index (χ3v) is 2.86. The third-order valence-electron chi connectivity index (χ3n) is 2.86. The average molecular weight is 261 g/mol. The number of aromatic nitrogens is 3. The maximum atomic E-state index is 11.3. The number of nitrogens with two attached hydrogens (primary N) is 1. The highest BCUT2D eigenvalue weighted by molar-refractivity contribution is 5.98. The number of rotatable bonds is 4. The van der Waals surface area contributed by atoms with E-state index in [0.717, 1.165) is 5.69 Å². The molecule has 0 spiro atoms. The number of anilines is 1. The van der Waals surface area contributed by atoms with E-state index in [1.807, 2.05) is 18.5 Å². The Kier molecular flexibility index (Phi) is 3.37. The molecule has 7 nitrogen and oxygen atoms in total. The molecule has 0 aliphatic heterocycles. The van der Waals surface area contributed by atoms with Crippen LogP contribution in [0.1, 0.15) is 29.0 Å². The van der Waals surface area contributed by atoms with Gasteiger partial charge < -0.3 is 20.6 Å². The topological polar surface area (TPSA) is 106 Å². The Morgan fingerprint density at radius 3 is 2.89 bits per heavy atom. The summed E-state index contributed by atoms with van der Waals surface area (Å²) in [6.45, 7) is 1.91. The number of H-pyrrole nitrogens is 1. The first-order valence-electron chi connectivity index (χ1n) is 5.74. The molecule has 0 aliphatic carbocycles. The first kappa shape index (κ1) is 12.9. The first-order valence-corrected chi connectivity index (χ1v) is 5.74. The summed E-state index contributed by atoms with van der Waals surface area (Å²) in [5.41, 5.74) is 6.55. The third kappa shape index (κ3) is 2.65. The number of primary amides is 1. The van der Waals surface area contributed by atoms with E-state index in [0.29, 0.717) is 5.69 Å². The fourth-order valence-electron chi connectivity index (χ4n) is 1.89. The number of aromatic amines is 1. The predicted molar refractivity (Wildman–Crippen MR) is 70.8 cm³/mol. The smallest absolute Gasteiger partial charge is 0.252 e. The van der Waals surface area contributed by atoms with Crippen molar-refractivity contribution in [3.63, 3.8) is 0 Å². The van der Waals surface area contributed by atoms with E-state index in [1.165, 1.54) is 12.3 Å². The van der Waals surface area contributed by atoms with Crippen molar-refractivity contribution in [2.75, 3.05) is 5.32 Å². The molecule has 2 heterocycles. The van der Waals surface area contributed by atoms with E-state index >= 15 is 0 Å². The number of nitrogens with one attached hydrogen (secondary N) is 2. The van der Waals surface area contributed by atoms with E-state index in [-0.39, 0.29) is 17.2 Å². The van der Waals surface area contributed by atoms with Gasteiger partial charge in [0.25, 0.3) is 5.91 Å². The monoisotopic (exact) mass is 261 g/mol. The fraction of sp³-hybridized carbons (Fsp3) is 0.250. The number of hydrogen-bond donors (Lipinski definition) is 3. The largest absolute Gasteiger partial charge is 0.376 e. The van der Waals surface area contributed by atoms with Crippen molar-refractivity contribution in [2.24, 2.45) is 12.8 Å². The second kappa shape index (κ2) is 4.97. The lowest BCUT2D eigenvalue weighted by atomic mass is 10.2. The summed E-state index contributed by atoms with van der Waals surface area (Å²) in [5.74, 6) is -0.601. The molecular weight excluding hydrogens is 246 g/mol. The molecule has 4 N–H and O–H groups in total. The van der Waals surface area contributed by atoms with Crippen molar-refractivity contribution in [1.82, 2.24) is 14.5 Å². The highest BCUT2D eigenvalue weighted by atomic mass is 16.1. The lowest BCUT2D eigenvalue weighted by molar-refractivity contribution is 0.100. The quantitative estimate of drug-likeness (QED) is 0.739. The molecule has 19 heavy (non-hydrogen) atoms. The van der Waals surface area contributed by atoms with Crippen LogP contribution in [-0.2, 0) is 7.05 Å². The van der Waals surface area contributed by atoms with Gasteiger partial charge in [-0.05, 0) is 6.92 Å². The highest BCUT2D eigenvalue weighted by Gasteiger charge is 2.14. The molecule has 7 heteroatoms. The summed E-state index contributed by atoms with van der Waals surface area (Å²) in [5, 5.41) is 3.09. The van der Waals surface area contributed by atoms with Crippen molar-refractivity contribution in [1.29, 1.82) is 0 Å². The summed E-state index contributed by atoms with van der Waals surface area (Å²) in [6.07, 6.45) is 4.71. The zero-order valence-electron chi connectivity index (χ0n) is 10.7. The van der Waals surface area contributed by atoms with Gasteiger partial charge in [-0.3, -0.25) is 9.59 Å². The van der Waals surface area contributed by atoms with E-state index < -0.39 is 5.91 Å². The number of carbonyl (C=O) groups is 1. The Hall–Kier alpha value is -2.57. The Morgan fingerprint density at radius 2 is 2.32 bits per heavy atom. The molecular formula is C12H15N5O2. The van der Waals surface area contributed by atoms with Crippen LogP contribution in [0.2, 0.25) is 0 Å². The van der Waals surface area contributed by atoms with Crippen LogP contribution in [0.5, 0.6) is 0 Å². The van der Waals surface area contributed by atoms with Crippen LogP contribution >= 0.6 is 0 Å². The van der Waals surface area contributed by atoms with E-state index in [1.54, 1.807) is 12.5 Å². The minimum absolute atomic E-state index is 0.118. The molecule has 2 rings (SSSR count). The van der Waals surface area contributed by atoms with Crippen LogP contribution in [0.25, 0.3) is 0 Å². The van der Waals surface area contributed by atoms with Gasteiger partial charge in [-0.1, -0.05) is 0 Å². The molecule has 0 fully saturated rings. The van der Waals surface area contributed by atoms with E-state index in [9.17, 15) is 9.59 Å². The van der Waals surface area contributed by atoms with Crippen LogP contribution in [0, 0.1) is 0 Å². The Bertz CT molecular complexity index is 658. The highest BCUT2D eigenvalue weighted by Crippen LogP contribution is 2.20. The zero-order chi connectivity index (χ0) is 14.0. The molecule has 2 aromatic heterocycles. The molecule has 1 amide bonds. The van der Waals surface area contributed by atoms with Gasteiger partial charge in [-0.15, -0.1) is 0 Å². The van der Waals surface area contributed by atoms with Crippen molar-refractivity contribution >= 4 is 11.6 Å². The van der Waals surface area contributed by atoms with Crippen molar-refractivity contribution < 1.29 is 4.79 Å². The van der Waals surface area contributed by atoms with Crippen LogP contribution < -0.4 is 16.6 Å². The molecule has 2 aromatic rings. The van der Waals surface area contributed by atoms with Gasteiger partial charge in [-0.25, -0.2) is 4.98 Å². The second-order valence-electron chi connectivity index (χ2n) is 4.28. The predicted octanol–water partition coefficient (Wildman–Crippen LogP) is 0.380. The Labute approximate surface area is 109 Å². The number of amides is 1. The summed E-state index contributed by atoms with van der Waals surface area (Å²) >= 11 is 0. The van der Waals surface area contributed by atoms with Crippen molar-refractivity contribution in [2.45, 2.75) is 13.0 Å². The lowest BCUT2D eigenvalue weighted by Crippen LogP contribution is -2.20. The van der Waals surface area contributed by atoms with E-state index in [2.05, 4.69) is 15.3 Å². The normalized spacial score (nSPS) is 12.1. The molecule has 0 saturated carbocycles. The van der Waals surface area contributed by atoms with Gasteiger partial charge in [-0.2, -0.15) is 0 Å². The number of imidazole rings is 1. The first-order chi connectivity index (χ1) is 8.99. The molecule has 100 valence electrons. The fourth-order valence-corrected chi connectivity index (χ4v) is 1.89. The number of pyridine rings is 1. The van der Waals surface area contributed by atoms with Crippen LogP contribution in [0.15, 0.2) is 29.6 Å². The molecule has 0 saturated heterocycles. The maximum Gasteiger partial charge on any atom is 0.252 e. The van der Waals surface area contributed by atoms with Gasteiger partial charge in [0.2, 0.25) is 5.56 Å². The number of hydrogen-bond acceptors (Lipinski definition) is 4. The molecule has 0 unspecified atom stereocenters. The van der Waals surface area contributed by atoms with Gasteiger partial charge in [0.15, 0.2) is 0 Å². The Morgan fingerprint density at radius 1 is 1.58 bits per heavy atom.